The molecule has 0 amide bonds. The molecule has 18 heavy (non-hydrogen) atoms. The van der Waals surface area contributed by atoms with Crippen molar-refractivity contribution >= 4 is 0 Å². The normalized spacial score (nSPS) is 29.3. The summed E-state index contributed by atoms with van der Waals surface area (Å²) in [6.45, 7) is 5.72. The van der Waals surface area contributed by atoms with Crippen LogP contribution in [0.3, 0.4) is 0 Å². The van der Waals surface area contributed by atoms with Gasteiger partial charge in [-0.25, -0.2) is 0 Å². The second-order valence-electron chi connectivity index (χ2n) is 5.81. The van der Waals surface area contributed by atoms with Crippen molar-refractivity contribution < 1.29 is 0 Å². The first-order chi connectivity index (χ1) is 8.88. The summed E-state index contributed by atoms with van der Waals surface area (Å²) in [5.41, 5.74) is 2.90. The largest absolute Gasteiger partial charge is 0.316 e. The third-order valence-corrected chi connectivity index (χ3v) is 4.48. The van der Waals surface area contributed by atoms with Gasteiger partial charge in [-0.05, 0) is 48.9 Å². The van der Waals surface area contributed by atoms with Gasteiger partial charge in [-0.1, -0.05) is 37.6 Å². The molecule has 1 saturated carbocycles. The Labute approximate surface area is 110 Å². The highest BCUT2D eigenvalue weighted by Gasteiger charge is 2.52. The smallest absolute Gasteiger partial charge is 0.0208 e. The molecule has 0 radical (unpaired) electrons. The van der Waals surface area contributed by atoms with E-state index >= 15 is 0 Å². The van der Waals surface area contributed by atoms with Crippen molar-refractivity contribution in [2.24, 2.45) is 11.8 Å². The molecule has 3 atom stereocenters. The molecule has 0 bridgehead atoms. The summed E-state index contributed by atoms with van der Waals surface area (Å²) < 4.78 is 0. The van der Waals surface area contributed by atoms with Gasteiger partial charge >= 0.3 is 0 Å². The van der Waals surface area contributed by atoms with Crippen LogP contribution < -0.4 is 10.6 Å². The molecule has 2 fully saturated rings. The zero-order valence-corrected chi connectivity index (χ0v) is 11.3. The van der Waals surface area contributed by atoms with Crippen molar-refractivity contribution in [3.8, 4) is 0 Å². The van der Waals surface area contributed by atoms with Gasteiger partial charge in [-0.2, -0.15) is 0 Å². The van der Waals surface area contributed by atoms with Gasteiger partial charge in [0.1, 0.15) is 0 Å². The average Bonchev–Trinajstić information content (AvgIpc) is 2.84. The minimum absolute atomic E-state index is 0.783. The van der Waals surface area contributed by atoms with Gasteiger partial charge < -0.3 is 10.6 Å². The van der Waals surface area contributed by atoms with Crippen LogP contribution in [0.2, 0.25) is 0 Å². The number of piperidine rings is 1. The summed E-state index contributed by atoms with van der Waals surface area (Å²) in [6, 6.07) is 9.94. The van der Waals surface area contributed by atoms with Gasteiger partial charge in [0.2, 0.25) is 0 Å². The molecule has 3 rings (SSSR count). The quantitative estimate of drug-likeness (QED) is 0.802. The summed E-state index contributed by atoms with van der Waals surface area (Å²) in [7, 11) is 0. The molecular weight excluding hydrogens is 220 g/mol. The SMILES string of the molecule is CCCCc1ccc(CNC2[C@H]3CNC[C@@H]23)cc1. The van der Waals surface area contributed by atoms with Gasteiger partial charge in [0.15, 0.2) is 0 Å². The second-order valence-corrected chi connectivity index (χ2v) is 5.81. The van der Waals surface area contributed by atoms with Gasteiger partial charge in [-0.3, -0.25) is 0 Å². The number of nitrogens with one attached hydrogen (secondary N) is 2. The maximum absolute atomic E-state index is 3.70. The Morgan fingerprint density at radius 1 is 1.11 bits per heavy atom. The minimum Gasteiger partial charge on any atom is -0.316 e. The fraction of sp³-hybridized carbons (Fsp3) is 0.625. The molecule has 98 valence electrons. The zero-order valence-electron chi connectivity index (χ0n) is 11.3. The van der Waals surface area contributed by atoms with Gasteiger partial charge in [-0.15, -0.1) is 0 Å². The van der Waals surface area contributed by atoms with E-state index in [4.69, 9.17) is 0 Å². The monoisotopic (exact) mass is 244 g/mol. The van der Waals surface area contributed by atoms with E-state index in [0.717, 1.165) is 24.4 Å². The lowest BCUT2D eigenvalue weighted by Gasteiger charge is -2.08. The van der Waals surface area contributed by atoms with Crippen LogP contribution in [0.4, 0.5) is 0 Å². The van der Waals surface area contributed by atoms with E-state index in [1.165, 1.54) is 43.5 Å². The van der Waals surface area contributed by atoms with Crippen LogP contribution in [-0.2, 0) is 13.0 Å². The summed E-state index contributed by atoms with van der Waals surface area (Å²) in [6.07, 6.45) is 3.81. The molecule has 2 aliphatic rings. The standard InChI is InChI=1S/C16H24N2/c1-2-3-4-12-5-7-13(8-6-12)9-18-16-14-10-17-11-15(14)16/h5-8,14-18H,2-4,9-11H2,1H3/t14-,15+,16?. The molecule has 1 aromatic rings. The third-order valence-electron chi connectivity index (χ3n) is 4.48. The molecule has 1 aliphatic heterocycles. The maximum Gasteiger partial charge on any atom is 0.0208 e. The number of unbranched alkanes of at least 4 members (excludes halogenated alkanes) is 1. The van der Waals surface area contributed by atoms with Crippen molar-refractivity contribution in [3.05, 3.63) is 35.4 Å². The van der Waals surface area contributed by atoms with Crippen molar-refractivity contribution in [1.29, 1.82) is 0 Å². The third kappa shape index (κ3) is 2.60. The Morgan fingerprint density at radius 3 is 2.44 bits per heavy atom. The number of benzene rings is 1. The highest BCUT2D eigenvalue weighted by atomic mass is 15.1. The summed E-state index contributed by atoms with van der Waals surface area (Å²) in [5.74, 6) is 1.82. The van der Waals surface area contributed by atoms with E-state index < -0.39 is 0 Å². The predicted octanol–water partition coefficient (Wildman–Crippen LogP) is 2.34. The van der Waals surface area contributed by atoms with Crippen LogP contribution in [0, 0.1) is 11.8 Å². The Bertz CT molecular complexity index is 375. The molecule has 2 nitrogen and oxygen atoms in total. The van der Waals surface area contributed by atoms with E-state index in [1.807, 2.05) is 0 Å². The number of rotatable bonds is 6. The van der Waals surface area contributed by atoms with E-state index in [0.29, 0.717) is 0 Å². The lowest BCUT2D eigenvalue weighted by molar-refractivity contribution is 0.566. The van der Waals surface area contributed by atoms with E-state index in [2.05, 4.69) is 41.8 Å². The highest BCUT2D eigenvalue weighted by molar-refractivity contribution is 5.23. The number of hydrogen-bond donors (Lipinski definition) is 2. The van der Waals surface area contributed by atoms with Crippen LogP contribution in [-0.4, -0.2) is 19.1 Å². The van der Waals surface area contributed by atoms with Gasteiger partial charge in [0, 0.05) is 12.6 Å². The molecule has 1 saturated heterocycles. The van der Waals surface area contributed by atoms with Crippen molar-refractivity contribution in [3.63, 3.8) is 0 Å². The molecule has 2 N–H and O–H groups in total. The Morgan fingerprint density at radius 2 is 1.78 bits per heavy atom. The van der Waals surface area contributed by atoms with E-state index in [-0.39, 0.29) is 0 Å². The van der Waals surface area contributed by atoms with Crippen molar-refractivity contribution in [1.82, 2.24) is 10.6 Å². The van der Waals surface area contributed by atoms with Crippen LogP contribution in [0.25, 0.3) is 0 Å². The summed E-state index contributed by atoms with van der Waals surface area (Å²) in [5, 5.41) is 7.13. The van der Waals surface area contributed by atoms with Crippen molar-refractivity contribution in [2.45, 2.75) is 38.8 Å². The number of hydrogen-bond acceptors (Lipinski definition) is 2. The molecule has 2 heteroatoms. The molecule has 1 heterocycles. The molecule has 1 aliphatic carbocycles. The van der Waals surface area contributed by atoms with E-state index in [9.17, 15) is 0 Å². The molecule has 1 aromatic carbocycles. The summed E-state index contributed by atoms with van der Waals surface area (Å²) >= 11 is 0. The molecule has 1 unspecified atom stereocenters. The first-order valence-corrected chi connectivity index (χ1v) is 7.40. The topological polar surface area (TPSA) is 24.1 Å². The molecule has 0 spiro atoms. The Kier molecular flexibility index (Phi) is 3.67. The van der Waals surface area contributed by atoms with Gasteiger partial charge in [0.05, 0.1) is 0 Å². The van der Waals surface area contributed by atoms with E-state index in [1.54, 1.807) is 0 Å². The zero-order chi connectivity index (χ0) is 12.4. The van der Waals surface area contributed by atoms with Gasteiger partial charge in [0.25, 0.3) is 0 Å². The number of aryl methyl sites for hydroxylation is 1. The lowest BCUT2D eigenvalue weighted by atomic mass is 10.1. The summed E-state index contributed by atoms with van der Waals surface area (Å²) in [4.78, 5) is 0. The first kappa shape index (κ1) is 12.2. The molecular formula is C16H24N2. The lowest BCUT2D eigenvalue weighted by Crippen LogP contribution is -2.27. The van der Waals surface area contributed by atoms with Crippen molar-refractivity contribution in [2.75, 3.05) is 13.1 Å². The molecule has 0 aromatic heterocycles. The minimum atomic E-state index is 0.783. The highest BCUT2D eigenvalue weighted by Crippen LogP contribution is 2.41. The average molecular weight is 244 g/mol. The first-order valence-electron chi connectivity index (χ1n) is 7.40. The fourth-order valence-corrected chi connectivity index (χ4v) is 3.16. The Balaban J connectivity index is 1.45. The fourth-order valence-electron chi connectivity index (χ4n) is 3.16. The predicted molar refractivity (Wildman–Crippen MR) is 75.5 cm³/mol. The van der Waals surface area contributed by atoms with Crippen LogP contribution in [0.5, 0.6) is 0 Å². The Hall–Kier alpha value is -0.860. The van der Waals surface area contributed by atoms with Crippen LogP contribution >= 0.6 is 0 Å². The maximum atomic E-state index is 3.70. The van der Waals surface area contributed by atoms with Crippen LogP contribution in [0.1, 0.15) is 30.9 Å². The van der Waals surface area contributed by atoms with Crippen LogP contribution in [0.15, 0.2) is 24.3 Å². The second kappa shape index (κ2) is 5.41. The number of fused-ring (bicyclic) bond motifs is 1.